The number of hydrogen-bond acceptors (Lipinski definition) is 1. The summed E-state index contributed by atoms with van der Waals surface area (Å²) in [5, 5.41) is 0. The molecular formula is C15H23N. The number of rotatable bonds is 3. The van der Waals surface area contributed by atoms with Gasteiger partial charge >= 0.3 is 0 Å². The van der Waals surface area contributed by atoms with Gasteiger partial charge < -0.3 is 4.90 Å². The van der Waals surface area contributed by atoms with Crippen molar-refractivity contribution in [3.05, 3.63) is 11.8 Å². The van der Waals surface area contributed by atoms with Crippen molar-refractivity contribution >= 4 is 0 Å². The van der Waals surface area contributed by atoms with Crippen molar-refractivity contribution in [2.24, 2.45) is 17.3 Å². The van der Waals surface area contributed by atoms with Crippen LogP contribution in [0.25, 0.3) is 0 Å². The van der Waals surface area contributed by atoms with Crippen LogP contribution >= 0.6 is 0 Å². The van der Waals surface area contributed by atoms with Crippen LogP contribution in [0.2, 0.25) is 0 Å². The van der Waals surface area contributed by atoms with Crippen molar-refractivity contribution in [2.75, 3.05) is 6.54 Å². The van der Waals surface area contributed by atoms with Crippen molar-refractivity contribution in [2.45, 2.75) is 57.9 Å². The molecule has 0 N–H and O–H groups in total. The maximum atomic E-state index is 2.83. The highest BCUT2D eigenvalue weighted by molar-refractivity contribution is 5.39. The third kappa shape index (κ3) is 0.690. The molecule has 5 rings (SSSR count). The standard InChI is InChI=1S/C15H23N/c1-3-6-14-7-5-13(4-2)16(10-14)15(14)11-8-12(15)9-11/h5,11-12H,3-4,6-10H2,1-2H3. The van der Waals surface area contributed by atoms with Crippen LogP contribution in [-0.4, -0.2) is 17.0 Å². The normalized spacial score (nSPS) is 51.6. The van der Waals surface area contributed by atoms with Gasteiger partial charge in [-0.3, -0.25) is 0 Å². The molecule has 0 radical (unpaired) electrons. The van der Waals surface area contributed by atoms with Gasteiger partial charge in [0.15, 0.2) is 0 Å². The summed E-state index contributed by atoms with van der Waals surface area (Å²) >= 11 is 0. The Morgan fingerprint density at radius 1 is 1.31 bits per heavy atom. The molecule has 16 heavy (non-hydrogen) atoms. The van der Waals surface area contributed by atoms with Crippen LogP contribution in [0.15, 0.2) is 11.8 Å². The van der Waals surface area contributed by atoms with Crippen molar-refractivity contribution in [1.29, 1.82) is 0 Å². The third-order valence-corrected chi connectivity index (χ3v) is 6.31. The second-order valence-corrected chi connectivity index (χ2v) is 6.56. The molecule has 1 spiro atoms. The summed E-state index contributed by atoms with van der Waals surface area (Å²) < 4.78 is 0. The van der Waals surface area contributed by atoms with E-state index in [1.165, 1.54) is 32.2 Å². The Kier molecular flexibility index (Phi) is 1.60. The summed E-state index contributed by atoms with van der Waals surface area (Å²) in [6, 6.07) is 0. The molecule has 0 aromatic rings. The molecule has 4 fully saturated rings. The highest BCUT2D eigenvalue weighted by atomic mass is 15.4. The van der Waals surface area contributed by atoms with Gasteiger partial charge in [0.1, 0.15) is 0 Å². The minimum absolute atomic E-state index is 0.698. The van der Waals surface area contributed by atoms with Gasteiger partial charge in [0.2, 0.25) is 0 Å². The average Bonchev–Trinajstić information content (AvgIpc) is 2.13. The maximum Gasteiger partial charge on any atom is 0.0531 e. The van der Waals surface area contributed by atoms with Crippen LogP contribution in [0.3, 0.4) is 0 Å². The Bertz CT molecular complexity index is 356. The predicted molar refractivity (Wildman–Crippen MR) is 66.0 cm³/mol. The molecule has 1 atom stereocenters. The van der Waals surface area contributed by atoms with Gasteiger partial charge in [0.25, 0.3) is 0 Å². The first-order valence-electron chi connectivity index (χ1n) is 7.25. The van der Waals surface area contributed by atoms with E-state index >= 15 is 0 Å². The molecule has 4 bridgehead atoms. The third-order valence-electron chi connectivity index (χ3n) is 6.31. The Balaban J connectivity index is 1.73. The number of nitrogens with zero attached hydrogens (tertiary/aromatic N) is 1. The lowest BCUT2D eigenvalue weighted by Gasteiger charge is -2.86. The quantitative estimate of drug-likeness (QED) is 0.698. The Morgan fingerprint density at radius 3 is 2.50 bits per heavy atom. The van der Waals surface area contributed by atoms with Gasteiger partial charge in [-0.15, -0.1) is 0 Å². The molecule has 1 heteroatoms. The Morgan fingerprint density at radius 2 is 2.06 bits per heavy atom. The SMILES string of the molecule is CCCC12CC=C(CC)N(C1)C21C2CC1C2. The Labute approximate surface area is 98.9 Å². The number of fused-ring (bicyclic) bond motifs is 2. The van der Waals surface area contributed by atoms with Crippen molar-refractivity contribution < 1.29 is 0 Å². The lowest BCUT2D eigenvalue weighted by atomic mass is 9.29. The van der Waals surface area contributed by atoms with Gasteiger partial charge in [-0.25, -0.2) is 0 Å². The lowest BCUT2D eigenvalue weighted by Crippen LogP contribution is -2.90. The largest absolute Gasteiger partial charge is 0.368 e. The molecule has 2 heterocycles. The summed E-state index contributed by atoms with van der Waals surface area (Å²) in [7, 11) is 0. The van der Waals surface area contributed by atoms with Crippen molar-refractivity contribution in [3.63, 3.8) is 0 Å². The fraction of sp³-hybridized carbons (Fsp3) is 0.867. The second kappa shape index (κ2) is 2.68. The lowest BCUT2D eigenvalue weighted by molar-refractivity contribution is -0.335. The molecule has 5 aliphatic rings. The molecule has 1 unspecified atom stereocenters. The first-order valence-corrected chi connectivity index (χ1v) is 7.25. The fourth-order valence-corrected chi connectivity index (χ4v) is 5.60. The second-order valence-electron chi connectivity index (χ2n) is 6.56. The Hall–Kier alpha value is -0.460. The van der Waals surface area contributed by atoms with E-state index in [4.69, 9.17) is 0 Å². The van der Waals surface area contributed by atoms with Crippen LogP contribution in [-0.2, 0) is 0 Å². The summed E-state index contributed by atoms with van der Waals surface area (Å²) in [5.41, 5.74) is 3.09. The smallest absolute Gasteiger partial charge is 0.0531 e. The average molecular weight is 217 g/mol. The number of hydrogen-bond donors (Lipinski definition) is 0. The predicted octanol–water partition coefficient (Wildman–Crippen LogP) is 3.56. The zero-order chi connectivity index (χ0) is 11.0. The fourth-order valence-electron chi connectivity index (χ4n) is 5.60. The van der Waals surface area contributed by atoms with Crippen molar-refractivity contribution in [1.82, 2.24) is 4.90 Å². The molecule has 1 nitrogen and oxygen atoms in total. The van der Waals surface area contributed by atoms with E-state index in [-0.39, 0.29) is 0 Å². The molecule has 0 aromatic carbocycles. The summed E-state index contributed by atoms with van der Waals surface area (Å²) in [4.78, 5) is 2.83. The minimum Gasteiger partial charge on any atom is -0.368 e. The van der Waals surface area contributed by atoms with Crippen LogP contribution in [0.4, 0.5) is 0 Å². The van der Waals surface area contributed by atoms with Crippen molar-refractivity contribution in [3.8, 4) is 0 Å². The molecule has 1 saturated heterocycles. The zero-order valence-electron chi connectivity index (χ0n) is 10.6. The molecule has 88 valence electrons. The molecule has 0 aromatic heterocycles. The summed E-state index contributed by atoms with van der Waals surface area (Å²) in [5.74, 6) is 2.15. The number of allylic oxidation sites excluding steroid dienone is 2. The minimum atomic E-state index is 0.698. The van der Waals surface area contributed by atoms with Crippen LogP contribution in [0, 0.1) is 17.3 Å². The van der Waals surface area contributed by atoms with Gasteiger partial charge in [0, 0.05) is 17.7 Å². The molecule has 3 saturated carbocycles. The summed E-state index contributed by atoms with van der Waals surface area (Å²) in [6.45, 7) is 6.09. The molecular weight excluding hydrogens is 194 g/mol. The first-order chi connectivity index (χ1) is 7.78. The van der Waals surface area contributed by atoms with E-state index in [9.17, 15) is 0 Å². The van der Waals surface area contributed by atoms with E-state index in [1.54, 1.807) is 18.5 Å². The maximum absolute atomic E-state index is 2.83. The zero-order valence-corrected chi connectivity index (χ0v) is 10.6. The van der Waals surface area contributed by atoms with E-state index in [2.05, 4.69) is 24.8 Å². The molecule has 0 amide bonds. The van der Waals surface area contributed by atoms with E-state index in [0.29, 0.717) is 11.0 Å². The van der Waals surface area contributed by atoms with E-state index < -0.39 is 0 Å². The van der Waals surface area contributed by atoms with Gasteiger partial charge in [0.05, 0.1) is 5.54 Å². The monoisotopic (exact) mass is 217 g/mol. The van der Waals surface area contributed by atoms with Gasteiger partial charge in [-0.1, -0.05) is 26.3 Å². The molecule has 3 aliphatic carbocycles. The topological polar surface area (TPSA) is 3.24 Å². The van der Waals surface area contributed by atoms with E-state index in [0.717, 1.165) is 11.8 Å². The van der Waals surface area contributed by atoms with Gasteiger partial charge in [-0.2, -0.15) is 0 Å². The van der Waals surface area contributed by atoms with E-state index in [1.807, 2.05) is 0 Å². The van der Waals surface area contributed by atoms with Crippen LogP contribution in [0.1, 0.15) is 52.4 Å². The van der Waals surface area contributed by atoms with Crippen LogP contribution in [0.5, 0.6) is 0 Å². The molecule has 2 aliphatic heterocycles. The highest BCUT2D eigenvalue weighted by Crippen LogP contribution is 2.78. The highest BCUT2D eigenvalue weighted by Gasteiger charge is 2.81. The summed E-state index contributed by atoms with van der Waals surface area (Å²) in [6.07, 6.45) is 11.2. The van der Waals surface area contributed by atoms with Gasteiger partial charge in [-0.05, 0) is 43.9 Å². The van der Waals surface area contributed by atoms with Crippen LogP contribution < -0.4 is 0 Å². The first kappa shape index (κ1) is 9.56.